The molecule has 0 spiro atoms. The molecular formula is C12H10BrClN2OS. The Labute approximate surface area is 123 Å². The molecule has 6 heteroatoms. The SMILES string of the molecule is COCc1[nH]c(-c2cccc(Cl)c2)nc(=S)c1Br. The van der Waals surface area contributed by atoms with Crippen LogP contribution in [-0.4, -0.2) is 17.1 Å². The van der Waals surface area contributed by atoms with Crippen LogP contribution in [0.1, 0.15) is 5.69 Å². The lowest BCUT2D eigenvalue weighted by atomic mass is 10.2. The third-order valence-electron chi connectivity index (χ3n) is 2.32. The molecule has 0 aliphatic heterocycles. The number of hydrogen-bond donors (Lipinski definition) is 1. The number of hydrogen-bond acceptors (Lipinski definition) is 3. The van der Waals surface area contributed by atoms with Crippen LogP contribution in [0.5, 0.6) is 0 Å². The van der Waals surface area contributed by atoms with E-state index in [2.05, 4.69) is 25.9 Å². The van der Waals surface area contributed by atoms with E-state index >= 15 is 0 Å². The summed E-state index contributed by atoms with van der Waals surface area (Å²) in [6.07, 6.45) is 0. The zero-order valence-corrected chi connectivity index (χ0v) is 12.7. The van der Waals surface area contributed by atoms with Crippen molar-refractivity contribution in [1.29, 1.82) is 0 Å². The second kappa shape index (κ2) is 5.93. The van der Waals surface area contributed by atoms with Crippen LogP contribution in [-0.2, 0) is 11.3 Å². The lowest BCUT2D eigenvalue weighted by Gasteiger charge is -2.08. The van der Waals surface area contributed by atoms with Gasteiger partial charge in [0.1, 0.15) is 10.5 Å². The van der Waals surface area contributed by atoms with Gasteiger partial charge in [0.2, 0.25) is 0 Å². The van der Waals surface area contributed by atoms with Gasteiger partial charge in [0.25, 0.3) is 0 Å². The first-order valence-corrected chi connectivity index (χ1v) is 6.73. The fraction of sp³-hybridized carbons (Fsp3) is 0.167. The van der Waals surface area contributed by atoms with Gasteiger partial charge >= 0.3 is 0 Å². The number of aromatic nitrogens is 2. The molecular weight excluding hydrogens is 336 g/mol. The van der Waals surface area contributed by atoms with Crippen LogP contribution in [0, 0.1) is 4.64 Å². The Bertz CT molecular complexity index is 630. The molecule has 0 saturated heterocycles. The average molecular weight is 346 g/mol. The first-order chi connectivity index (χ1) is 8.61. The molecule has 0 amide bonds. The maximum atomic E-state index is 5.97. The van der Waals surface area contributed by atoms with Crippen LogP contribution in [0.2, 0.25) is 5.02 Å². The number of rotatable bonds is 3. The molecule has 0 atom stereocenters. The number of H-pyrrole nitrogens is 1. The van der Waals surface area contributed by atoms with Crippen molar-refractivity contribution in [3.63, 3.8) is 0 Å². The van der Waals surface area contributed by atoms with Crippen LogP contribution in [0.15, 0.2) is 28.7 Å². The summed E-state index contributed by atoms with van der Waals surface area (Å²) in [4.78, 5) is 7.51. The van der Waals surface area contributed by atoms with Crippen molar-refractivity contribution >= 4 is 39.7 Å². The summed E-state index contributed by atoms with van der Waals surface area (Å²) in [6, 6.07) is 7.44. The Morgan fingerprint density at radius 2 is 2.28 bits per heavy atom. The minimum atomic E-state index is 0.431. The smallest absolute Gasteiger partial charge is 0.144 e. The predicted octanol–water partition coefficient (Wildman–Crippen LogP) is 4.37. The Hall–Kier alpha value is -0.750. The Morgan fingerprint density at radius 1 is 1.50 bits per heavy atom. The summed E-state index contributed by atoms with van der Waals surface area (Å²) in [5, 5.41) is 0.657. The molecule has 0 fully saturated rings. The second-order valence-corrected chi connectivity index (χ2v) is 5.24. The Kier molecular flexibility index (Phi) is 4.50. The van der Waals surface area contributed by atoms with Gasteiger partial charge < -0.3 is 9.72 Å². The van der Waals surface area contributed by atoms with Crippen LogP contribution >= 0.6 is 39.7 Å². The molecule has 1 aromatic carbocycles. The molecule has 18 heavy (non-hydrogen) atoms. The Balaban J connectivity index is 2.55. The highest BCUT2D eigenvalue weighted by Crippen LogP contribution is 2.23. The molecule has 0 aliphatic carbocycles. The molecule has 2 aromatic rings. The van der Waals surface area contributed by atoms with E-state index in [0.29, 0.717) is 22.1 Å². The van der Waals surface area contributed by atoms with Gasteiger partial charge in [-0.25, -0.2) is 4.98 Å². The predicted molar refractivity (Wildman–Crippen MR) is 78.3 cm³/mol. The fourth-order valence-corrected chi connectivity index (χ4v) is 2.23. The van der Waals surface area contributed by atoms with Gasteiger partial charge in [0, 0.05) is 17.7 Å². The van der Waals surface area contributed by atoms with E-state index in [-0.39, 0.29) is 0 Å². The van der Waals surface area contributed by atoms with E-state index in [1.165, 1.54) is 0 Å². The van der Waals surface area contributed by atoms with Crippen molar-refractivity contribution in [2.45, 2.75) is 6.61 Å². The molecule has 2 rings (SSSR count). The molecule has 0 aliphatic rings. The van der Waals surface area contributed by atoms with E-state index in [4.69, 9.17) is 28.6 Å². The molecule has 94 valence electrons. The summed E-state index contributed by atoms with van der Waals surface area (Å²) in [6.45, 7) is 0.431. The molecule has 1 aromatic heterocycles. The monoisotopic (exact) mass is 344 g/mol. The minimum Gasteiger partial charge on any atom is -0.378 e. The largest absolute Gasteiger partial charge is 0.378 e. The van der Waals surface area contributed by atoms with Gasteiger partial charge in [0.15, 0.2) is 0 Å². The van der Waals surface area contributed by atoms with Gasteiger partial charge in [-0.2, -0.15) is 0 Å². The molecule has 1 N–H and O–H groups in total. The van der Waals surface area contributed by atoms with Crippen molar-refractivity contribution in [3.05, 3.63) is 44.1 Å². The fourth-order valence-electron chi connectivity index (χ4n) is 1.52. The zero-order valence-electron chi connectivity index (χ0n) is 9.54. The van der Waals surface area contributed by atoms with E-state index < -0.39 is 0 Å². The van der Waals surface area contributed by atoms with Gasteiger partial charge in [-0.3, -0.25) is 0 Å². The third kappa shape index (κ3) is 2.98. The first kappa shape index (κ1) is 13.7. The normalized spacial score (nSPS) is 10.6. The minimum absolute atomic E-state index is 0.431. The molecule has 1 heterocycles. The average Bonchev–Trinajstić information content (AvgIpc) is 2.35. The third-order valence-corrected chi connectivity index (χ3v) is 3.97. The van der Waals surface area contributed by atoms with Crippen molar-refractivity contribution in [2.75, 3.05) is 7.11 Å². The summed E-state index contributed by atoms with van der Waals surface area (Å²) in [5.74, 6) is 0.678. The first-order valence-electron chi connectivity index (χ1n) is 5.15. The van der Waals surface area contributed by atoms with E-state index in [9.17, 15) is 0 Å². The van der Waals surface area contributed by atoms with Crippen LogP contribution in [0.25, 0.3) is 11.4 Å². The maximum Gasteiger partial charge on any atom is 0.144 e. The van der Waals surface area contributed by atoms with E-state index in [0.717, 1.165) is 15.7 Å². The topological polar surface area (TPSA) is 37.9 Å². The molecule has 0 saturated carbocycles. The summed E-state index contributed by atoms with van der Waals surface area (Å²) in [5.41, 5.74) is 1.74. The summed E-state index contributed by atoms with van der Waals surface area (Å²) < 4.78 is 6.37. The molecule has 3 nitrogen and oxygen atoms in total. The van der Waals surface area contributed by atoms with Crippen LogP contribution < -0.4 is 0 Å². The molecule has 0 radical (unpaired) electrons. The van der Waals surface area contributed by atoms with Crippen molar-refractivity contribution in [3.8, 4) is 11.4 Å². The van der Waals surface area contributed by atoms with Crippen molar-refractivity contribution in [1.82, 2.24) is 9.97 Å². The van der Waals surface area contributed by atoms with Crippen LogP contribution in [0.4, 0.5) is 0 Å². The van der Waals surface area contributed by atoms with Crippen LogP contribution in [0.3, 0.4) is 0 Å². The summed E-state index contributed by atoms with van der Waals surface area (Å²) >= 11 is 14.6. The van der Waals surface area contributed by atoms with E-state index in [1.807, 2.05) is 24.3 Å². The molecule has 0 unspecified atom stereocenters. The zero-order chi connectivity index (χ0) is 13.1. The van der Waals surface area contributed by atoms with Crippen molar-refractivity contribution in [2.24, 2.45) is 0 Å². The number of halogens is 2. The number of ether oxygens (including phenoxy) is 1. The van der Waals surface area contributed by atoms with Crippen molar-refractivity contribution < 1.29 is 4.74 Å². The molecule has 0 bridgehead atoms. The number of nitrogens with one attached hydrogen (secondary N) is 1. The van der Waals surface area contributed by atoms with Gasteiger partial charge in [-0.1, -0.05) is 36.0 Å². The highest BCUT2D eigenvalue weighted by molar-refractivity contribution is 9.10. The standard InChI is InChI=1S/C12H10BrClN2OS/c1-17-6-9-10(13)12(18)16-11(15-9)7-3-2-4-8(14)5-7/h2-5H,6H2,1H3,(H,15,16,18). The summed E-state index contributed by atoms with van der Waals surface area (Å²) in [7, 11) is 1.63. The van der Waals surface area contributed by atoms with Gasteiger partial charge in [-0.05, 0) is 28.1 Å². The number of aromatic amines is 1. The quantitative estimate of drug-likeness (QED) is 0.840. The van der Waals surface area contributed by atoms with Gasteiger partial charge in [0.05, 0.1) is 16.8 Å². The number of nitrogens with zero attached hydrogens (tertiary/aromatic N) is 1. The highest BCUT2D eigenvalue weighted by Gasteiger charge is 2.08. The number of benzene rings is 1. The second-order valence-electron chi connectivity index (χ2n) is 3.63. The highest BCUT2D eigenvalue weighted by atomic mass is 79.9. The number of methoxy groups -OCH3 is 1. The van der Waals surface area contributed by atoms with E-state index in [1.54, 1.807) is 7.11 Å². The lowest BCUT2D eigenvalue weighted by Crippen LogP contribution is -1.99. The lowest BCUT2D eigenvalue weighted by molar-refractivity contribution is 0.181. The Morgan fingerprint density at radius 3 is 2.94 bits per heavy atom. The maximum absolute atomic E-state index is 5.97. The van der Waals surface area contributed by atoms with Gasteiger partial charge in [-0.15, -0.1) is 0 Å².